The molecule has 0 saturated heterocycles. The van der Waals surface area contributed by atoms with Gasteiger partial charge in [-0.2, -0.15) is 5.10 Å². The van der Waals surface area contributed by atoms with Gasteiger partial charge in [-0.1, -0.05) is 18.5 Å². The molecule has 2 rings (SSSR count). The van der Waals surface area contributed by atoms with Gasteiger partial charge in [-0.3, -0.25) is 9.48 Å². The molecule has 0 bridgehead atoms. The van der Waals surface area contributed by atoms with Gasteiger partial charge in [-0.25, -0.2) is 9.97 Å². The Balaban J connectivity index is 2.43. The van der Waals surface area contributed by atoms with Gasteiger partial charge in [-0.05, 0) is 6.42 Å². The third-order valence-electron chi connectivity index (χ3n) is 2.45. The molecule has 0 atom stereocenters. The summed E-state index contributed by atoms with van der Waals surface area (Å²) in [6.07, 6.45) is 2.32. The van der Waals surface area contributed by atoms with Crippen molar-refractivity contribution in [3.05, 3.63) is 28.8 Å². The first-order valence-electron chi connectivity index (χ1n) is 5.64. The fourth-order valence-electron chi connectivity index (χ4n) is 1.54. The van der Waals surface area contributed by atoms with E-state index >= 15 is 0 Å². The maximum absolute atomic E-state index is 11.4. The van der Waals surface area contributed by atoms with Crippen LogP contribution in [0.4, 0.5) is 11.6 Å². The molecular weight excluding hydrogens is 268 g/mol. The van der Waals surface area contributed by atoms with Gasteiger partial charge in [0, 0.05) is 19.3 Å². The van der Waals surface area contributed by atoms with Crippen LogP contribution in [0.25, 0.3) is 0 Å². The number of rotatable bonds is 4. The van der Waals surface area contributed by atoms with Gasteiger partial charge < -0.3 is 11.1 Å². The molecule has 0 aliphatic carbocycles. The maximum Gasteiger partial charge on any atom is 0.271 e. The van der Waals surface area contributed by atoms with Crippen molar-refractivity contribution in [3.63, 3.8) is 0 Å². The van der Waals surface area contributed by atoms with E-state index in [0.717, 1.165) is 0 Å². The number of aryl methyl sites for hydroxylation is 2. The predicted molar refractivity (Wildman–Crippen MR) is 71.4 cm³/mol. The van der Waals surface area contributed by atoms with Crippen molar-refractivity contribution in [2.75, 3.05) is 5.32 Å². The van der Waals surface area contributed by atoms with Crippen LogP contribution in [0, 0.1) is 0 Å². The van der Waals surface area contributed by atoms with E-state index in [0.29, 0.717) is 17.9 Å². The molecule has 2 aromatic heterocycles. The van der Waals surface area contributed by atoms with E-state index < -0.39 is 5.91 Å². The average molecular weight is 281 g/mol. The summed E-state index contributed by atoms with van der Waals surface area (Å²) in [7, 11) is 1.78. The predicted octanol–water partition coefficient (Wildman–Crippen LogP) is 1.27. The zero-order valence-electron chi connectivity index (χ0n) is 10.5. The van der Waals surface area contributed by atoms with Crippen molar-refractivity contribution in [2.45, 2.75) is 13.3 Å². The second-order valence-electron chi connectivity index (χ2n) is 3.88. The highest BCUT2D eigenvalue weighted by Crippen LogP contribution is 2.21. The number of nitrogens with two attached hydrogens (primary N) is 1. The summed E-state index contributed by atoms with van der Waals surface area (Å²) in [6, 6.07) is 1.73. The molecule has 0 saturated carbocycles. The van der Waals surface area contributed by atoms with Gasteiger partial charge in [-0.15, -0.1) is 0 Å². The summed E-state index contributed by atoms with van der Waals surface area (Å²) in [6.45, 7) is 1.87. The van der Waals surface area contributed by atoms with Crippen LogP contribution >= 0.6 is 11.6 Å². The molecule has 0 aromatic carbocycles. The van der Waals surface area contributed by atoms with Crippen LogP contribution in [0.15, 0.2) is 12.3 Å². The van der Waals surface area contributed by atoms with Crippen LogP contribution in [0.5, 0.6) is 0 Å². The topological polar surface area (TPSA) is 98.7 Å². The Morgan fingerprint density at radius 1 is 1.53 bits per heavy atom. The molecule has 1 amide bonds. The van der Waals surface area contributed by atoms with Gasteiger partial charge >= 0.3 is 0 Å². The fourth-order valence-corrected chi connectivity index (χ4v) is 1.80. The summed E-state index contributed by atoms with van der Waals surface area (Å²) >= 11 is 5.99. The van der Waals surface area contributed by atoms with Crippen molar-refractivity contribution in [1.82, 2.24) is 19.7 Å². The zero-order chi connectivity index (χ0) is 14.0. The number of carbonyl (C=O) groups excluding carboxylic acids is 1. The molecular formula is C11H13ClN6O. The van der Waals surface area contributed by atoms with Crippen molar-refractivity contribution in [2.24, 2.45) is 12.8 Å². The number of carbonyl (C=O) groups is 1. The smallest absolute Gasteiger partial charge is 0.271 e. The highest BCUT2D eigenvalue weighted by molar-refractivity contribution is 6.30. The summed E-state index contributed by atoms with van der Waals surface area (Å²) in [5, 5.41) is 7.24. The fraction of sp³-hybridized carbons (Fsp3) is 0.273. The SMILES string of the molecule is CCc1nc(C(N)=O)c(Nc2ccn(C)n2)nc1Cl. The Morgan fingerprint density at radius 2 is 2.26 bits per heavy atom. The van der Waals surface area contributed by atoms with Crippen molar-refractivity contribution in [1.29, 1.82) is 0 Å². The Kier molecular flexibility index (Phi) is 3.66. The molecule has 3 N–H and O–H groups in total. The second-order valence-corrected chi connectivity index (χ2v) is 4.23. The van der Waals surface area contributed by atoms with Crippen molar-refractivity contribution >= 4 is 29.1 Å². The third-order valence-corrected chi connectivity index (χ3v) is 2.75. The van der Waals surface area contributed by atoms with E-state index in [1.165, 1.54) is 0 Å². The highest BCUT2D eigenvalue weighted by Gasteiger charge is 2.16. The van der Waals surface area contributed by atoms with Crippen LogP contribution in [0.2, 0.25) is 5.15 Å². The van der Waals surface area contributed by atoms with Gasteiger partial charge in [0.2, 0.25) is 0 Å². The molecule has 2 heterocycles. The van der Waals surface area contributed by atoms with E-state index in [2.05, 4.69) is 20.4 Å². The second kappa shape index (κ2) is 5.23. The number of hydrogen-bond acceptors (Lipinski definition) is 5. The standard InChI is InChI=1S/C11H13ClN6O/c1-3-6-9(12)16-11(8(14-6)10(13)19)15-7-4-5-18(2)17-7/h4-5H,3H2,1-2H3,(H2,13,19)(H,15,16,17). The van der Waals surface area contributed by atoms with E-state index in [4.69, 9.17) is 17.3 Å². The molecule has 8 heteroatoms. The highest BCUT2D eigenvalue weighted by atomic mass is 35.5. The molecule has 0 radical (unpaired) electrons. The molecule has 0 unspecified atom stereocenters. The van der Waals surface area contributed by atoms with E-state index in [1.54, 1.807) is 24.0 Å². The summed E-state index contributed by atoms with van der Waals surface area (Å²) in [4.78, 5) is 19.6. The van der Waals surface area contributed by atoms with E-state index in [1.807, 2.05) is 6.92 Å². The number of primary amides is 1. The van der Waals surface area contributed by atoms with E-state index in [9.17, 15) is 4.79 Å². The number of amides is 1. The van der Waals surface area contributed by atoms with Gasteiger partial charge in [0.15, 0.2) is 22.5 Å². The number of hydrogen-bond donors (Lipinski definition) is 2. The number of anilines is 2. The first kappa shape index (κ1) is 13.3. The molecule has 100 valence electrons. The van der Waals surface area contributed by atoms with Crippen LogP contribution in [0.1, 0.15) is 23.1 Å². The Hall–Kier alpha value is -2.15. The van der Waals surface area contributed by atoms with Gasteiger partial charge in [0.05, 0.1) is 5.69 Å². The molecule has 0 aliphatic rings. The molecule has 0 spiro atoms. The van der Waals surface area contributed by atoms with Crippen LogP contribution < -0.4 is 11.1 Å². The van der Waals surface area contributed by atoms with Gasteiger partial charge in [0.25, 0.3) is 5.91 Å². The average Bonchev–Trinajstić information content (AvgIpc) is 2.74. The quantitative estimate of drug-likeness (QED) is 0.879. The molecule has 0 aliphatic heterocycles. The Morgan fingerprint density at radius 3 is 2.79 bits per heavy atom. The molecule has 19 heavy (non-hydrogen) atoms. The number of halogens is 1. The first-order chi connectivity index (χ1) is 9.01. The summed E-state index contributed by atoms with van der Waals surface area (Å²) < 4.78 is 1.61. The minimum Gasteiger partial charge on any atom is -0.364 e. The van der Waals surface area contributed by atoms with Gasteiger partial charge in [0.1, 0.15) is 0 Å². The largest absolute Gasteiger partial charge is 0.364 e. The lowest BCUT2D eigenvalue weighted by Gasteiger charge is -2.09. The Labute approximate surface area is 114 Å². The first-order valence-corrected chi connectivity index (χ1v) is 6.02. The minimum atomic E-state index is -0.669. The summed E-state index contributed by atoms with van der Waals surface area (Å²) in [5.41, 5.74) is 5.87. The monoisotopic (exact) mass is 280 g/mol. The lowest BCUT2D eigenvalue weighted by Crippen LogP contribution is -2.18. The maximum atomic E-state index is 11.4. The Bertz CT molecular complexity index is 624. The van der Waals surface area contributed by atoms with E-state index in [-0.39, 0.29) is 16.7 Å². The van der Waals surface area contributed by atoms with Crippen LogP contribution in [-0.2, 0) is 13.5 Å². The number of nitrogens with one attached hydrogen (secondary N) is 1. The molecule has 0 fully saturated rings. The third kappa shape index (κ3) is 2.82. The summed E-state index contributed by atoms with van der Waals surface area (Å²) in [5.74, 6) is 0.0605. The lowest BCUT2D eigenvalue weighted by atomic mass is 10.3. The lowest BCUT2D eigenvalue weighted by molar-refractivity contribution is 0.0996. The van der Waals surface area contributed by atoms with Crippen LogP contribution in [-0.4, -0.2) is 25.7 Å². The molecule has 2 aromatic rings. The number of aromatic nitrogens is 4. The minimum absolute atomic E-state index is 0.0481. The number of nitrogens with zero attached hydrogens (tertiary/aromatic N) is 4. The van der Waals surface area contributed by atoms with Crippen molar-refractivity contribution in [3.8, 4) is 0 Å². The van der Waals surface area contributed by atoms with Crippen molar-refractivity contribution < 1.29 is 4.79 Å². The molecule has 7 nitrogen and oxygen atoms in total. The zero-order valence-corrected chi connectivity index (χ0v) is 11.3. The normalized spacial score (nSPS) is 10.5. The van der Waals surface area contributed by atoms with Crippen LogP contribution in [0.3, 0.4) is 0 Å².